The van der Waals surface area contributed by atoms with Gasteiger partial charge in [0.15, 0.2) is 5.82 Å². The fraction of sp³-hybridized carbons (Fsp3) is 0. The van der Waals surface area contributed by atoms with E-state index in [-0.39, 0.29) is 16.5 Å². The molecule has 0 aliphatic heterocycles. The number of sulfonamides is 1. The molecule has 4 rings (SSSR count). The minimum Gasteiger partial charge on any atom is -0.305 e. The number of carbonyl (C=O) groups is 1. The number of carbonyl (C=O) groups excluding carboxylic acids is 1. The van der Waals surface area contributed by atoms with Crippen LogP contribution in [-0.4, -0.2) is 24.1 Å². The predicted octanol–water partition coefficient (Wildman–Crippen LogP) is 4.06. The van der Waals surface area contributed by atoms with E-state index >= 15 is 0 Å². The minimum absolute atomic E-state index is 0.0651. The molecule has 7 nitrogen and oxygen atoms in total. The molecule has 0 saturated carbocycles. The first-order valence-corrected chi connectivity index (χ1v) is 10.7. The van der Waals surface area contributed by atoms with Gasteiger partial charge in [-0.1, -0.05) is 18.2 Å². The van der Waals surface area contributed by atoms with Gasteiger partial charge in [-0.2, -0.15) is 5.10 Å². The van der Waals surface area contributed by atoms with E-state index in [1.807, 2.05) is 30.3 Å². The molecule has 0 aliphatic rings. The van der Waals surface area contributed by atoms with E-state index in [1.165, 1.54) is 36.4 Å². The highest BCUT2D eigenvalue weighted by Crippen LogP contribution is 2.18. The largest absolute Gasteiger partial charge is 0.305 e. The number of rotatable bonds is 6. The molecule has 31 heavy (non-hydrogen) atoms. The number of hydrogen-bond donors (Lipinski definition) is 2. The molecule has 1 aromatic heterocycles. The van der Waals surface area contributed by atoms with E-state index in [2.05, 4.69) is 15.1 Å². The number of amides is 1. The van der Waals surface area contributed by atoms with Crippen molar-refractivity contribution in [3.05, 3.63) is 103 Å². The second-order valence-corrected chi connectivity index (χ2v) is 8.25. The van der Waals surface area contributed by atoms with Gasteiger partial charge in [-0.05, 0) is 60.7 Å². The Morgan fingerprint density at radius 3 is 2.23 bits per heavy atom. The summed E-state index contributed by atoms with van der Waals surface area (Å²) in [5.41, 5.74) is 1.47. The highest BCUT2D eigenvalue weighted by atomic mass is 32.2. The molecule has 2 N–H and O–H groups in total. The maximum Gasteiger partial charge on any atom is 0.261 e. The van der Waals surface area contributed by atoms with Crippen molar-refractivity contribution >= 4 is 27.4 Å². The summed E-state index contributed by atoms with van der Waals surface area (Å²) in [6.07, 6.45) is 1.73. The van der Waals surface area contributed by atoms with Crippen molar-refractivity contribution in [3.63, 3.8) is 0 Å². The molecule has 3 aromatic carbocycles. The SMILES string of the molecule is O=C(Nc1ccn(-c2ccccc2)n1)c1ccc(NS(=O)(=O)c2ccc(F)cc2)cc1. The summed E-state index contributed by atoms with van der Waals surface area (Å²) in [5, 5.41) is 7.02. The molecule has 0 atom stereocenters. The smallest absolute Gasteiger partial charge is 0.261 e. The number of anilines is 2. The van der Waals surface area contributed by atoms with Crippen molar-refractivity contribution in [2.24, 2.45) is 0 Å². The van der Waals surface area contributed by atoms with Gasteiger partial charge >= 0.3 is 0 Å². The lowest BCUT2D eigenvalue weighted by Crippen LogP contribution is -2.14. The summed E-state index contributed by atoms with van der Waals surface area (Å²) < 4.78 is 41.8. The van der Waals surface area contributed by atoms with Crippen LogP contribution in [-0.2, 0) is 10.0 Å². The van der Waals surface area contributed by atoms with Gasteiger partial charge < -0.3 is 5.32 Å². The van der Waals surface area contributed by atoms with Gasteiger partial charge in [0.1, 0.15) is 5.82 Å². The van der Waals surface area contributed by atoms with Crippen molar-refractivity contribution < 1.29 is 17.6 Å². The minimum atomic E-state index is -3.87. The molecule has 1 heterocycles. The number of halogens is 1. The molecule has 1 amide bonds. The summed E-state index contributed by atoms with van der Waals surface area (Å²) in [7, 11) is -3.87. The third-order valence-electron chi connectivity index (χ3n) is 4.37. The van der Waals surface area contributed by atoms with Crippen molar-refractivity contribution in [1.82, 2.24) is 9.78 Å². The van der Waals surface area contributed by atoms with E-state index < -0.39 is 15.8 Å². The number of benzene rings is 3. The summed E-state index contributed by atoms with van der Waals surface area (Å²) in [4.78, 5) is 12.4. The molecule has 0 spiro atoms. The van der Waals surface area contributed by atoms with Crippen LogP contribution in [0, 0.1) is 5.82 Å². The van der Waals surface area contributed by atoms with E-state index in [9.17, 15) is 17.6 Å². The Hall–Kier alpha value is -3.98. The van der Waals surface area contributed by atoms with Crippen molar-refractivity contribution in [3.8, 4) is 5.69 Å². The second kappa shape index (κ2) is 8.41. The highest BCUT2D eigenvalue weighted by Gasteiger charge is 2.15. The van der Waals surface area contributed by atoms with Crippen LogP contribution in [0.4, 0.5) is 15.9 Å². The van der Waals surface area contributed by atoms with Crippen molar-refractivity contribution in [2.75, 3.05) is 10.0 Å². The van der Waals surface area contributed by atoms with Gasteiger partial charge in [0.25, 0.3) is 15.9 Å². The lowest BCUT2D eigenvalue weighted by molar-refractivity contribution is 0.102. The molecule has 4 aromatic rings. The summed E-state index contributed by atoms with van der Waals surface area (Å²) in [6, 6.07) is 21.6. The first-order chi connectivity index (χ1) is 14.9. The molecule has 0 fully saturated rings. The zero-order valence-corrected chi connectivity index (χ0v) is 16.9. The lowest BCUT2D eigenvalue weighted by atomic mass is 10.2. The number of nitrogens with one attached hydrogen (secondary N) is 2. The summed E-state index contributed by atoms with van der Waals surface area (Å²) >= 11 is 0. The number of nitrogens with zero attached hydrogens (tertiary/aromatic N) is 2. The first kappa shape index (κ1) is 20.3. The van der Waals surface area contributed by atoms with Crippen molar-refractivity contribution in [1.29, 1.82) is 0 Å². The molecule has 9 heteroatoms. The number of para-hydroxylation sites is 1. The van der Waals surface area contributed by atoms with Crippen LogP contribution in [0.5, 0.6) is 0 Å². The topological polar surface area (TPSA) is 93.1 Å². The average molecular weight is 436 g/mol. The van der Waals surface area contributed by atoms with E-state index in [0.717, 1.165) is 17.8 Å². The monoisotopic (exact) mass is 436 g/mol. The van der Waals surface area contributed by atoms with Crippen LogP contribution in [0.15, 0.2) is 96.0 Å². The molecular weight excluding hydrogens is 419 g/mol. The zero-order chi connectivity index (χ0) is 21.8. The first-order valence-electron chi connectivity index (χ1n) is 9.22. The van der Waals surface area contributed by atoms with Crippen LogP contribution in [0.2, 0.25) is 0 Å². The van der Waals surface area contributed by atoms with E-state index in [1.54, 1.807) is 16.9 Å². The zero-order valence-electron chi connectivity index (χ0n) is 16.1. The van der Waals surface area contributed by atoms with Crippen LogP contribution < -0.4 is 10.0 Å². The molecule has 156 valence electrons. The second-order valence-electron chi connectivity index (χ2n) is 6.57. The molecule has 0 unspecified atom stereocenters. The Labute approximate surface area is 178 Å². The molecule has 0 radical (unpaired) electrons. The maximum absolute atomic E-state index is 13.0. The van der Waals surface area contributed by atoms with Crippen LogP contribution in [0.3, 0.4) is 0 Å². The molecule has 0 bridgehead atoms. The lowest BCUT2D eigenvalue weighted by Gasteiger charge is -2.09. The van der Waals surface area contributed by atoms with Gasteiger partial charge in [-0.25, -0.2) is 17.5 Å². The van der Waals surface area contributed by atoms with E-state index in [0.29, 0.717) is 11.4 Å². The Bertz CT molecular complexity index is 1300. The van der Waals surface area contributed by atoms with Crippen LogP contribution >= 0.6 is 0 Å². The summed E-state index contributed by atoms with van der Waals surface area (Å²) in [6.45, 7) is 0. The average Bonchev–Trinajstić information content (AvgIpc) is 3.23. The fourth-order valence-electron chi connectivity index (χ4n) is 2.82. The van der Waals surface area contributed by atoms with Gasteiger partial charge in [0.2, 0.25) is 0 Å². The normalized spacial score (nSPS) is 11.1. The fourth-order valence-corrected chi connectivity index (χ4v) is 3.88. The Kier molecular flexibility index (Phi) is 5.50. The van der Waals surface area contributed by atoms with Gasteiger partial charge in [-0.3, -0.25) is 9.52 Å². The standard InChI is InChI=1S/C22H17FN4O3S/c23-17-8-12-20(13-9-17)31(29,30)26-18-10-6-16(7-11-18)22(28)24-21-14-15-27(25-21)19-4-2-1-3-5-19/h1-15,26H,(H,24,25,28). The highest BCUT2D eigenvalue weighted by molar-refractivity contribution is 7.92. The van der Waals surface area contributed by atoms with E-state index in [4.69, 9.17) is 0 Å². The van der Waals surface area contributed by atoms with Crippen LogP contribution in [0.25, 0.3) is 5.69 Å². The van der Waals surface area contributed by atoms with Gasteiger partial charge in [0.05, 0.1) is 10.6 Å². The number of hydrogen-bond acceptors (Lipinski definition) is 4. The van der Waals surface area contributed by atoms with Crippen LogP contribution in [0.1, 0.15) is 10.4 Å². The Morgan fingerprint density at radius 2 is 1.55 bits per heavy atom. The summed E-state index contributed by atoms with van der Waals surface area (Å²) in [5.74, 6) is -0.524. The maximum atomic E-state index is 13.0. The quantitative estimate of drug-likeness (QED) is 0.477. The molecule has 0 aliphatic carbocycles. The Morgan fingerprint density at radius 1 is 0.871 bits per heavy atom. The molecular formula is C22H17FN4O3S. The third kappa shape index (κ3) is 4.78. The van der Waals surface area contributed by atoms with Gasteiger partial charge in [-0.15, -0.1) is 0 Å². The van der Waals surface area contributed by atoms with Gasteiger partial charge in [0, 0.05) is 23.5 Å². The van der Waals surface area contributed by atoms with Crippen molar-refractivity contribution in [2.45, 2.75) is 4.90 Å². The Balaban J connectivity index is 1.43. The third-order valence-corrected chi connectivity index (χ3v) is 5.77. The predicted molar refractivity (Wildman–Crippen MR) is 115 cm³/mol. The number of aromatic nitrogens is 2. The molecule has 0 saturated heterocycles.